The summed E-state index contributed by atoms with van der Waals surface area (Å²) in [4.78, 5) is 0. The van der Waals surface area contributed by atoms with E-state index in [2.05, 4.69) is 10.4 Å². The van der Waals surface area contributed by atoms with Crippen molar-refractivity contribution >= 4 is 21.4 Å². The first-order chi connectivity index (χ1) is 8.39. The summed E-state index contributed by atoms with van der Waals surface area (Å²) in [5, 5.41) is 8.26. The van der Waals surface area contributed by atoms with E-state index < -0.39 is 9.84 Å². The van der Waals surface area contributed by atoms with E-state index in [1.54, 1.807) is 4.68 Å². The summed E-state index contributed by atoms with van der Waals surface area (Å²) in [6.07, 6.45) is 1.36. The van der Waals surface area contributed by atoms with Crippen molar-refractivity contribution in [1.29, 1.82) is 0 Å². The van der Waals surface area contributed by atoms with Crippen LogP contribution in [0.25, 0.3) is 0 Å². The van der Waals surface area contributed by atoms with E-state index in [9.17, 15) is 8.42 Å². The van der Waals surface area contributed by atoms with Crippen LogP contribution in [0, 0.1) is 6.92 Å². The van der Waals surface area contributed by atoms with Gasteiger partial charge in [0.15, 0.2) is 0 Å². The fourth-order valence-corrected chi connectivity index (χ4v) is 3.95. The SMILES string of the molecule is Cc1nn(C)c(Cl)c1CNC1CCS(=O)(=O)CC1. The molecular weight excluding hydrogens is 274 g/mol. The maximum atomic E-state index is 11.3. The molecule has 0 aromatic carbocycles. The lowest BCUT2D eigenvalue weighted by Crippen LogP contribution is -2.37. The predicted octanol–water partition coefficient (Wildman–Crippen LogP) is 1.05. The third kappa shape index (κ3) is 3.05. The Morgan fingerprint density at radius 2 is 2.06 bits per heavy atom. The number of hydrogen-bond donors (Lipinski definition) is 1. The molecule has 0 spiro atoms. The fraction of sp³-hybridized carbons (Fsp3) is 0.727. The van der Waals surface area contributed by atoms with Crippen LogP contribution in [0.5, 0.6) is 0 Å². The Balaban J connectivity index is 1.93. The summed E-state index contributed by atoms with van der Waals surface area (Å²) in [7, 11) is -0.982. The number of hydrogen-bond acceptors (Lipinski definition) is 4. The van der Waals surface area contributed by atoms with Crippen LogP contribution in [-0.4, -0.2) is 35.7 Å². The van der Waals surface area contributed by atoms with Crippen LogP contribution in [0.3, 0.4) is 0 Å². The molecule has 0 bridgehead atoms. The van der Waals surface area contributed by atoms with Crippen molar-refractivity contribution in [3.8, 4) is 0 Å². The second-order valence-corrected chi connectivity index (χ2v) is 7.45. The number of nitrogens with zero attached hydrogens (tertiary/aromatic N) is 2. The number of halogens is 1. The summed E-state index contributed by atoms with van der Waals surface area (Å²) >= 11 is 6.14. The Labute approximate surface area is 112 Å². The first-order valence-electron chi connectivity index (χ1n) is 6.01. The minimum absolute atomic E-state index is 0.254. The highest BCUT2D eigenvalue weighted by atomic mass is 35.5. The zero-order chi connectivity index (χ0) is 13.3. The molecule has 1 aliphatic heterocycles. The van der Waals surface area contributed by atoms with Crippen molar-refractivity contribution in [2.75, 3.05) is 11.5 Å². The van der Waals surface area contributed by atoms with Crippen LogP contribution < -0.4 is 5.32 Å². The van der Waals surface area contributed by atoms with Gasteiger partial charge in [0.2, 0.25) is 0 Å². The first-order valence-corrected chi connectivity index (χ1v) is 8.21. The van der Waals surface area contributed by atoms with Crippen LogP contribution >= 0.6 is 11.6 Å². The van der Waals surface area contributed by atoms with Crippen LogP contribution in [-0.2, 0) is 23.4 Å². The summed E-state index contributed by atoms with van der Waals surface area (Å²) in [6, 6.07) is 0.254. The molecule has 102 valence electrons. The highest BCUT2D eigenvalue weighted by Crippen LogP contribution is 2.19. The van der Waals surface area contributed by atoms with Gasteiger partial charge >= 0.3 is 0 Å². The van der Waals surface area contributed by atoms with Crippen molar-refractivity contribution in [2.45, 2.75) is 32.4 Å². The number of aromatic nitrogens is 2. The van der Waals surface area contributed by atoms with Gasteiger partial charge < -0.3 is 5.32 Å². The third-order valence-corrected chi connectivity index (χ3v) is 5.58. The predicted molar refractivity (Wildman–Crippen MR) is 71.5 cm³/mol. The van der Waals surface area contributed by atoms with Crippen molar-refractivity contribution in [1.82, 2.24) is 15.1 Å². The largest absolute Gasteiger partial charge is 0.310 e. The molecule has 1 fully saturated rings. The van der Waals surface area contributed by atoms with Gasteiger partial charge in [-0.1, -0.05) is 11.6 Å². The highest BCUT2D eigenvalue weighted by molar-refractivity contribution is 7.91. The van der Waals surface area contributed by atoms with Crippen LogP contribution in [0.4, 0.5) is 0 Å². The van der Waals surface area contributed by atoms with E-state index in [1.807, 2.05) is 14.0 Å². The number of nitrogens with one attached hydrogen (secondary N) is 1. The van der Waals surface area contributed by atoms with Gasteiger partial charge in [0.25, 0.3) is 0 Å². The second kappa shape index (κ2) is 5.19. The lowest BCUT2D eigenvalue weighted by Gasteiger charge is -2.23. The minimum Gasteiger partial charge on any atom is -0.310 e. The molecule has 7 heteroatoms. The molecule has 1 aliphatic rings. The third-order valence-electron chi connectivity index (χ3n) is 3.39. The van der Waals surface area contributed by atoms with Gasteiger partial charge in [-0.15, -0.1) is 0 Å². The standard InChI is InChI=1S/C11H18ClN3O2S/c1-8-10(11(12)15(2)14-8)7-13-9-3-5-18(16,17)6-4-9/h9,13H,3-7H2,1-2H3. The number of sulfone groups is 1. The van der Waals surface area contributed by atoms with Gasteiger partial charge in [0.05, 0.1) is 17.2 Å². The highest BCUT2D eigenvalue weighted by Gasteiger charge is 2.23. The van der Waals surface area contributed by atoms with Crippen molar-refractivity contribution in [3.05, 3.63) is 16.4 Å². The summed E-state index contributed by atoms with van der Waals surface area (Å²) in [5.41, 5.74) is 1.91. The molecule has 0 saturated carbocycles. The van der Waals surface area contributed by atoms with Crippen LogP contribution in [0.2, 0.25) is 5.15 Å². The molecule has 1 saturated heterocycles. The van der Waals surface area contributed by atoms with Gasteiger partial charge in [0, 0.05) is 25.2 Å². The van der Waals surface area contributed by atoms with E-state index in [0.717, 1.165) is 11.3 Å². The second-order valence-electron chi connectivity index (χ2n) is 4.79. The molecule has 2 rings (SSSR count). The Morgan fingerprint density at radius 3 is 2.56 bits per heavy atom. The molecule has 5 nitrogen and oxygen atoms in total. The Hall–Kier alpha value is -0.590. The number of rotatable bonds is 3. The smallest absolute Gasteiger partial charge is 0.150 e. The van der Waals surface area contributed by atoms with E-state index in [4.69, 9.17) is 11.6 Å². The summed E-state index contributed by atoms with van der Waals surface area (Å²) in [5.74, 6) is 0.564. The van der Waals surface area contributed by atoms with Gasteiger partial charge in [-0.25, -0.2) is 8.42 Å². The molecule has 0 aliphatic carbocycles. The van der Waals surface area contributed by atoms with E-state index in [0.29, 0.717) is 24.5 Å². The maximum Gasteiger partial charge on any atom is 0.150 e. The average molecular weight is 292 g/mol. The Kier molecular flexibility index (Phi) is 3.99. The van der Waals surface area contributed by atoms with E-state index in [-0.39, 0.29) is 17.5 Å². The van der Waals surface area contributed by atoms with Crippen LogP contribution in [0.1, 0.15) is 24.1 Å². The Morgan fingerprint density at radius 1 is 1.44 bits per heavy atom. The molecule has 18 heavy (non-hydrogen) atoms. The van der Waals surface area contributed by atoms with Gasteiger partial charge in [0.1, 0.15) is 15.0 Å². The van der Waals surface area contributed by atoms with Gasteiger partial charge in [-0.2, -0.15) is 5.10 Å². The van der Waals surface area contributed by atoms with Gasteiger partial charge in [-0.05, 0) is 19.8 Å². The molecule has 0 radical (unpaired) electrons. The summed E-state index contributed by atoms with van der Waals surface area (Å²) in [6.45, 7) is 2.57. The molecule has 1 aromatic rings. The lowest BCUT2D eigenvalue weighted by atomic mass is 10.1. The monoisotopic (exact) mass is 291 g/mol. The molecule has 1 N–H and O–H groups in total. The Bertz CT molecular complexity index is 525. The molecular formula is C11H18ClN3O2S. The minimum atomic E-state index is -2.79. The van der Waals surface area contributed by atoms with Crippen molar-refractivity contribution in [3.63, 3.8) is 0 Å². The van der Waals surface area contributed by atoms with E-state index in [1.165, 1.54) is 0 Å². The average Bonchev–Trinajstić information content (AvgIpc) is 2.53. The molecule has 0 atom stereocenters. The fourth-order valence-electron chi connectivity index (χ4n) is 2.22. The zero-order valence-corrected chi connectivity index (χ0v) is 12.2. The normalized spacial score (nSPS) is 20.2. The zero-order valence-electron chi connectivity index (χ0n) is 10.6. The topological polar surface area (TPSA) is 64.0 Å². The van der Waals surface area contributed by atoms with Gasteiger partial charge in [-0.3, -0.25) is 4.68 Å². The van der Waals surface area contributed by atoms with Crippen molar-refractivity contribution in [2.24, 2.45) is 7.05 Å². The molecule has 0 amide bonds. The molecule has 2 heterocycles. The summed E-state index contributed by atoms with van der Waals surface area (Å²) < 4.78 is 24.3. The van der Waals surface area contributed by atoms with E-state index >= 15 is 0 Å². The van der Waals surface area contributed by atoms with Crippen molar-refractivity contribution < 1.29 is 8.42 Å². The number of aryl methyl sites for hydroxylation is 2. The molecule has 0 unspecified atom stereocenters. The van der Waals surface area contributed by atoms with Crippen LogP contribution in [0.15, 0.2) is 0 Å². The molecule has 1 aromatic heterocycles. The maximum absolute atomic E-state index is 11.3. The first kappa shape index (κ1) is 13.8. The quantitative estimate of drug-likeness (QED) is 0.904. The lowest BCUT2D eigenvalue weighted by molar-refractivity contribution is 0.462.